The molecule has 0 aliphatic heterocycles. The maximum Gasteiger partial charge on any atom is 0.319 e. The number of carbonyl (C=O) groups is 1. The molecule has 0 radical (unpaired) electrons. The lowest BCUT2D eigenvalue weighted by molar-refractivity contribution is -0.142. The number of ether oxygens (including phenoxy) is 2. The Morgan fingerprint density at radius 2 is 1.64 bits per heavy atom. The highest BCUT2D eigenvalue weighted by atomic mass is 35.5. The summed E-state index contributed by atoms with van der Waals surface area (Å²) in [6.45, 7) is 4.04. The number of hydrogen-bond acceptors (Lipinski definition) is 4. The second kappa shape index (κ2) is 8.11. The topological polar surface area (TPSA) is 35.5 Å². The van der Waals surface area contributed by atoms with Gasteiger partial charge in [0.15, 0.2) is 0 Å². The van der Waals surface area contributed by atoms with E-state index in [9.17, 15) is 4.79 Å². The first kappa shape index (κ1) is 16.7. The molecule has 0 saturated heterocycles. The molecule has 0 aliphatic carbocycles. The summed E-state index contributed by atoms with van der Waals surface area (Å²) in [6.07, 6.45) is 0. The van der Waals surface area contributed by atoms with E-state index in [0.717, 1.165) is 16.4 Å². The number of rotatable bonds is 6. The Bertz CT molecular complexity index is 611. The first-order chi connectivity index (χ1) is 10.6. The largest absolute Gasteiger partial charge is 0.465 e. The molecule has 0 N–H and O–H groups in total. The average Bonchev–Trinajstić information content (AvgIpc) is 2.51. The molecule has 0 aromatic heterocycles. The number of benzene rings is 2. The second-order valence-electron chi connectivity index (χ2n) is 4.54. The standard InChI is InChI=1S/C17H17ClO3S/c1-3-20-17(19)12(2)22-16-10-8-15(9-11-16)21-14-6-4-13(18)5-7-14/h4-12H,3H2,1-2H3. The summed E-state index contributed by atoms with van der Waals surface area (Å²) in [5.74, 6) is 1.26. The minimum atomic E-state index is -0.233. The van der Waals surface area contributed by atoms with Crippen molar-refractivity contribution >= 4 is 29.3 Å². The van der Waals surface area contributed by atoms with E-state index in [-0.39, 0.29) is 11.2 Å². The summed E-state index contributed by atoms with van der Waals surface area (Å²) in [4.78, 5) is 12.6. The van der Waals surface area contributed by atoms with E-state index in [1.165, 1.54) is 11.8 Å². The van der Waals surface area contributed by atoms with Gasteiger partial charge in [0.1, 0.15) is 16.7 Å². The van der Waals surface area contributed by atoms with Crippen LogP contribution < -0.4 is 4.74 Å². The summed E-state index contributed by atoms with van der Waals surface area (Å²) in [5, 5.41) is 0.440. The number of hydrogen-bond donors (Lipinski definition) is 0. The van der Waals surface area contributed by atoms with Crippen LogP contribution in [0.2, 0.25) is 5.02 Å². The van der Waals surface area contributed by atoms with Gasteiger partial charge in [0, 0.05) is 9.92 Å². The molecule has 22 heavy (non-hydrogen) atoms. The third-order valence-electron chi connectivity index (χ3n) is 2.80. The van der Waals surface area contributed by atoms with Crippen LogP contribution in [-0.2, 0) is 9.53 Å². The van der Waals surface area contributed by atoms with Gasteiger partial charge in [-0.3, -0.25) is 4.79 Å². The van der Waals surface area contributed by atoms with Gasteiger partial charge < -0.3 is 9.47 Å². The van der Waals surface area contributed by atoms with Crippen molar-refractivity contribution in [2.24, 2.45) is 0 Å². The van der Waals surface area contributed by atoms with Gasteiger partial charge in [-0.2, -0.15) is 0 Å². The molecule has 1 atom stereocenters. The van der Waals surface area contributed by atoms with Gasteiger partial charge in [-0.05, 0) is 62.4 Å². The number of esters is 1. The maximum absolute atomic E-state index is 11.6. The predicted molar refractivity (Wildman–Crippen MR) is 89.9 cm³/mol. The van der Waals surface area contributed by atoms with Gasteiger partial charge in [0.2, 0.25) is 0 Å². The highest BCUT2D eigenvalue weighted by Crippen LogP contribution is 2.28. The fraction of sp³-hybridized carbons (Fsp3) is 0.235. The monoisotopic (exact) mass is 336 g/mol. The molecule has 0 bridgehead atoms. The van der Waals surface area contributed by atoms with E-state index in [2.05, 4.69) is 0 Å². The van der Waals surface area contributed by atoms with Gasteiger partial charge in [0.25, 0.3) is 0 Å². The normalized spacial score (nSPS) is 11.8. The Morgan fingerprint density at radius 3 is 2.18 bits per heavy atom. The van der Waals surface area contributed by atoms with Crippen LogP contribution in [0.1, 0.15) is 13.8 Å². The van der Waals surface area contributed by atoms with Gasteiger partial charge in [-0.15, -0.1) is 11.8 Å². The van der Waals surface area contributed by atoms with Crippen LogP contribution in [0.5, 0.6) is 11.5 Å². The van der Waals surface area contributed by atoms with Crippen LogP contribution in [0, 0.1) is 0 Å². The Balaban J connectivity index is 1.95. The van der Waals surface area contributed by atoms with E-state index < -0.39 is 0 Å². The van der Waals surface area contributed by atoms with E-state index in [1.807, 2.05) is 43.3 Å². The fourth-order valence-corrected chi connectivity index (χ4v) is 2.73. The molecule has 0 aliphatic rings. The first-order valence-electron chi connectivity index (χ1n) is 6.95. The van der Waals surface area contributed by atoms with Gasteiger partial charge in [0.05, 0.1) is 6.61 Å². The predicted octanol–water partition coefficient (Wildman–Crippen LogP) is 5.18. The summed E-state index contributed by atoms with van der Waals surface area (Å²) in [5.41, 5.74) is 0. The van der Waals surface area contributed by atoms with Crippen LogP contribution in [0.15, 0.2) is 53.4 Å². The highest BCUT2D eigenvalue weighted by molar-refractivity contribution is 8.00. The molecule has 5 heteroatoms. The molecule has 116 valence electrons. The molecule has 3 nitrogen and oxygen atoms in total. The molecule has 1 unspecified atom stereocenters. The van der Waals surface area contributed by atoms with Crippen LogP contribution in [-0.4, -0.2) is 17.8 Å². The highest BCUT2D eigenvalue weighted by Gasteiger charge is 2.15. The summed E-state index contributed by atoms with van der Waals surface area (Å²) < 4.78 is 10.7. The van der Waals surface area contributed by atoms with Crippen molar-refractivity contribution in [3.8, 4) is 11.5 Å². The molecular weight excluding hydrogens is 320 g/mol. The zero-order chi connectivity index (χ0) is 15.9. The van der Waals surface area contributed by atoms with Crippen molar-refractivity contribution in [2.75, 3.05) is 6.61 Å². The SMILES string of the molecule is CCOC(=O)C(C)Sc1ccc(Oc2ccc(Cl)cc2)cc1. The van der Waals surface area contributed by atoms with Crippen molar-refractivity contribution in [3.05, 3.63) is 53.6 Å². The van der Waals surface area contributed by atoms with Crippen molar-refractivity contribution in [1.82, 2.24) is 0 Å². The van der Waals surface area contributed by atoms with Crippen molar-refractivity contribution < 1.29 is 14.3 Å². The van der Waals surface area contributed by atoms with Crippen LogP contribution in [0.25, 0.3) is 0 Å². The fourth-order valence-electron chi connectivity index (χ4n) is 1.74. The van der Waals surface area contributed by atoms with E-state index >= 15 is 0 Å². The Kier molecular flexibility index (Phi) is 6.16. The summed E-state index contributed by atoms with van der Waals surface area (Å²) in [7, 11) is 0. The van der Waals surface area contributed by atoms with Crippen molar-refractivity contribution in [3.63, 3.8) is 0 Å². The number of carbonyl (C=O) groups excluding carboxylic acids is 1. The zero-order valence-electron chi connectivity index (χ0n) is 12.4. The number of halogens is 1. The number of thioether (sulfide) groups is 1. The molecule has 0 amide bonds. The van der Waals surface area contributed by atoms with Crippen molar-refractivity contribution in [2.45, 2.75) is 24.0 Å². The van der Waals surface area contributed by atoms with Gasteiger partial charge >= 0.3 is 5.97 Å². The summed E-state index contributed by atoms with van der Waals surface area (Å²) >= 11 is 7.30. The van der Waals surface area contributed by atoms with Crippen LogP contribution in [0.4, 0.5) is 0 Å². The Hall–Kier alpha value is -1.65. The van der Waals surface area contributed by atoms with E-state index in [1.54, 1.807) is 19.1 Å². The zero-order valence-corrected chi connectivity index (χ0v) is 14.0. The maximum atomic E-state index is 11.6. The van der Waals surface area contributed by atoms with Gasteiger partial charge in [-0.25, -0.2) is 0 Å². The molecule has 0 fully saturated rings. The second-order valence-corrected chi connectivity index (χ2v) is 6.39. The molecular formula is C17H17ClO3S. The smallest absolute Gasteiger partial charge is 0.319 e. The minimum Gasteiger partial charge on any atom is -0.465 e. The third-order valence-corrected chi connectivity index (χ3v) is 4.15. The van der Waals surface area contributed by atoms with E-state index in [4.69, 9.17) is 21.1 Å². The molecule has 2 rings (SSSR count). The lowest BCUT2D eigenvalue weighted by atomic mass is 10.3. The molecule has 2 aromatic rings. The van der Waals surface area contributed by atoms with Crippen LogP contribution >= 0.6 is 23.4 Å². The average molecular weight is 337 g/mol. The lowest BCUT2D eigenvalue weighted by Crippen LogP contribution is -2.16. The molecule has 0 spiro atoms. The molecule has 0 heterocycles. The van der Waals surface area contributed by atoms with Crippen molar-refractivity contribution in [1.29, 1.82) is 0 Å². The minimum absolute atomic E-state index is 0.200. The van der Waals surface area contributed by atoms with Crippen LogP contribution in [0.3, 0.4) is 0 Å². The third kappa shape index (κ3) is 4.97. The molecule has 2 aromatic carbocycles. The summed E-state index contributed by atoms with van der Waals surface area (Å²) in [6, 6.07) is 14.8. The molecule has 0 saturated carbocycles. The quantitative estimate of drug-likeness (QED) is 0.538. The first-order valence-corrected chi connectivity index (χ1v) is 8.21. The van der Waals surface area contributed by atoms with E-state index in [0.29, 0.717) is 11.6 Å². The van der Waals surface area contributed by atoms with Gasteiger partial charge in [-0.1, -0.05) is 11.6 Å². The Labute approximate surface area is 139 Å². The Morgan fingerprint density at radius 1 is 1.09 bits per heavy atom. The lowest BCUT2D eigenvalue weighted by Gasteiger charge is -2.11.